The monoisotopic (exact) mass is 345 g/mol. The van der Waals surface area contributed by atoms with Gasteiger partial charge in [0.2, 0.25) is 0 Å². The smallest absolute Gasteiger partial charge is 0.305 e. The van der Waals surface area contributed by atoms with Crippen LogP contribution >= 0.6 is 27.7 Å². The molecule has 0 bridgehead atoms. The Morgan fingerprint density at radius 1 is 1.37 bits per heavy atom. The fourth-order valence-corrected chi connectivity index (χ4v) is 3.12. The van der Waals surface area contributed by atoms with Crippen LogP contribution in [0.2, 0.25) is 0 Å². The number of benzene rings is 1. The van der Waals surface area contributed by atoms with Crippen LogP contribution < -0.4 is 5.73 Å². The Morgan fingerprint density at radius 2 is 2.16 bits per heavy atom. The molecule has 3 nitrogen and oxygen atoms in total. The normalized spacial score (nSPS) is 10.4. The van der Waals surface area contributed by atoms with Crippen molar-refractivity contribution in [1.82, 2.24) is 0 Å². The lowest BCUT2D eigenvalue weighted by Crippen LogP contribution is -2.03. The number of hydrogen-bond acceptors (Lipinski definition) is 4. The summed E-state index contributed by atoms with van der Waals surface area (Å²) in [6.07, 6.45) is 3.54. The average molecular weight is 346 g/mol. The molecule has 1 aromatic carbocycles. The lowest BCUT2D eigenvalue weighted by Gasteiger charge is -2.06. The highest BCUT2D eigenvalue weighted by atomic mass is 79.9. The van der Waals surface area contributed by atoms with Gasteiger partial charge >= 0.3 is 5.97 Å². The van der Waals surface area contributed by atoms with Crippen molar-refractivity contribution in [2.24, 2.45) is 0 Å². The molecule has 0 radical (unpaired) electrons. The Hall–Kier alpha value is -0.680. The van der Waals surface area contributed by atoms with E-state index in [9.17, 15) is 4.79 Å². The van der Waals surface area contributed by atoms with Crippen molar-refractivity contribution < 1.29 is 9.53 Å². The van der Waals surface area contributed by atoms with Gasteiger partial charge in [-0.2, -0.15) is 0 Å². The predicted molar refractivity (Wildman–Crippen MR) is 84.4 cm³/mol. The number of nitrogens with two attached hydrogens (primary N) is 1. The van der Waals surface area contributed by atoms with Crippen LogP contribution in [0.25, 0.3) is 0 Å². The molecule has 0 atom stereocenters. The van der Waals surface area contributed by atoms with Crippen LogP contribution in [0.5, 0.6) is 0 Å². The zero-order chi connectivity index (χ0) is 14.1. The third-order valence-electron chi connectivity index (χ3n) is 2.56. The summed E-state index contributed by atoms with van der Waals surface area (Å²) in [6, 6.07) is 5.89. The number of carbonyl (C=O) groups is 1. The van der Waals surface area contributed by atoms with Crippen LogP contribution in [0.15, 0.2) is 27.6 Å². The number of unbranched alkanes of at least 4 members (excludes halogenated alkanes) is 2. The number of ether oxygens (including phenoxy) is 1. The summed E-state index contributed by atoms with van der Waals surface area (Å²) in [7, 11) is 0. The van der Waals surface area contributed by atoms with Crippen LogP contribution in [0.4, 0.5) is 5.69 Å². The number of nitrogen functional groups attached to an aromatic ring is 1. The third-order valence-corrected chi connectivity index (χ3v) is 4.21. The van der Waals surface area contributed by atoms with Crippen molar-refractivity contribution in [2.45, 2.75) is 37.5 Å². The topological polar surface area (TPSA) is 52.3 Å². The van der Waals surface area contributed by atoms with E-state index in [0.29, 0.717) is 13.0 Å². The summed E-state index contributed by atoms with van der Waals surface area (Å²) in [5.41, 5.74) is 6.72. The number of thioether (sulfide) groups is 1. The van der Waals surface area contributed by atoms with E-state index in [2.05, 4.69) is 15.9 Å². The maximum absolute atomic E-state index is 11.1. The lowest BCUT2D eigenvalue weighted by molar-refractivity contribution is -0.143. The van der Waals surface area contributed by atoms with Crippen molar-refractivity contribution in [3.05, 3.63) is 22.7 Å². The molecule has 0 aromatic heterocycles. The molecule has 0 heterocycles. The molecule has 1 rings (SSSR count). The zero-order valence-corrected chi connectivity index (χ0v) is 13.6. The van der Waals surface area contributed by atoms with Gasteiger partial charge < -0.3 is 10.5 Å². The molecule has 19 heavy (non-hydrogen) atoms. The molecule has 0 aliphatic carbocycles. The summed E-state index contributed by atoms with van der Waals surface area (Å²) >= 11 is 5.20. The van der Waals surface area contributed by atoms with E-state index in [1.165, 1.54) is 0 Å². The van der Waals surface area contributed by atoms with Gasteiger partial charge in [-0.25, -0.2) is 0 Å². The Morgan fingerprint density at radius 3 is 2.89 bits per heavy atom. The minimum absolute atomic E-state index is 0.0913. The van der Waals surface area contributed by atoms with E-state index in [-0.39, 0.29) is 5.97 Å². The third kappa shape index (κ3) is 6.87. The van der Waals surface area contributed by atoms with Gasteiger partial charge in [-0.3, -0.25) is 4.79 Å². The van der Waals surface area contributed by atoms with E-state index >= 15 is 0 Å². The van der Waals surface area contributed by atoms with E-state index in [1.54, 1.807) is 11.8 Å². The fraction of sp³-hybridized carbons (Fsp3) is 0.500. The summed E-state index contributed by atoms with van der Waals surface area (Å²) < 4.78 is 5.93. The van der Waals surface area contributed by atoms with Crippen molar-refractivity contribution in [3.8, 4) is 0 Å². The largest absolute Gasteiger partial charge is 0.466 e. The highest BCUT2D eigenvalue weighted by Gasteiger charge is 2.03. The Labute approximate surface area is 127 Å². The van der Waals surface area contributed by atoms with Gasteiger partial charge in [0.05, 0.1) is 6.61 Å². The summed E-state index contributed by atoms with van der Waals surface area (Å²) in [5.74, 6) is 0.926. The van der Waals surface area contributed by atoms with Crippen molar-refractivity contribution in [2.75, 3.05) is 18.1 Å². The summed E-state index contributed by atoms with van der Waals surface area (Å²) in [4.78, 5) is 12.2. The Kier molecular flexibility index (Phi) is 7.98. The van der Waals surface area contributed by atoms with Crippen molar-refractivity contribution in [1.29, 1.82) is 0 Å². The first-order valence-electron chi connectivity index (χ1n) is 6.47. The molecule has 0 saturated carbocycles. The van der Waals surface area contributed by atoms with Gasteiger partial charge in [-0.15, -0.1) is 11.8 Å². The maximum Gasteiger partial charge on any atom is 0.305 e. The van der Waals surface area contributed by atoms with Gasteiger partial charge in [0.15, 0.2) is 0 Å². The second-order valence-electron chi connectivity index (χ2n) is 4.15. The van der Waals surface area contributed by atoms with Crippen LogP contribution in [-0.4, -0.2) is 18.3 Å². The van der Waals surface area contributed by atoms with Gasteiger partial charge in [0, 0.05) is 21.5 Å². The minimum Gasteiger partial charge on any atom is -0.466 e. The van der Waals surface area contributed by atoms with E-state index in [0.717, 1.165) is 40.1 Å². The number of hydrogen-bond donors (Lipinski definition) is 1. The number of esters is 1. The molecule has 0 aliphatic heterocycles. The SMILES string of the molecule is CCOC(=O)CCCCCSc1cc(Br)ccc1N. The van der Waals surface area contributed by atoms with Crippen LogP contribution in [0.3, 0.4) is 0 Å². The van der Waals surface area contributed by atoms with Crippen molar-refractivity contribution >= 4 is 39.3 Å². The molecule has 0 aliphatic rings. The molecule has 0 amide bonds. The number of halogens is 1. The van der Waals surface area contributed by atoms with Crippen LogP contribution in [0.1, 0.15) is 32.6 Å². The minimum atomic E-state index is -0.0913. The Balaban J connectivity index is 2.14. The van der Waals surface area contributed by atoms with Crippen LogP contribution in [-0.2, 0) is 9.53 Å². The molecular formula is C14H20BrNO2S. The van der Waals surface area contributed by atoms with Gasteiger partial charge in [0.25, 0.3) is 0 Å². The molecule has 0 spiro atoms. The molecule has 0 fully saturated rings. The first-order valence-corrected chi connectivity index (χ1v) is 8.24. The number of carbonyl (C=O) groups excluding carboxylic acids is 1. The molecule has 106 valence electrons. The quantitative estimate of drug-likeness (QED) is 0.331. The van der Waals surface area contributed by atoms with Crippen LogP contribution in [0, 0.1) is 0 Å². The van der Waals surface area contributed by atoms with E-state index < -0.39 is 0 Å². The van der Waals surface area contributed by atoms with Gasteiger partial charge in [-0.1, -0.05) is 22.4 Å². The van der Waals surface area contributed by atoms with Crippen molar-refractivity contribution in [3.63, 3.8) is 0 Å². The lowest BCUT2D eigenvalue weighted by atomic mass is 10.2. The fourth-order valence-electron chi connectivity index (χ4n) is 1.60. The summed E-state index contributed by atoms with van der Waals surface area (Å²) in [6.45, 7) is 2.30. The number of rotatable bonds is 8. The molecule has 0 unspecified atom stereocenters. The van der Waals surface area contributed by atoms with E-state index in [1.807, 2.05) is 25.1 Å². The molecule has 1 aromatic rings. The molecular weight excluding hydrogens is 326 g/mol. The standard InChI is InChI=1S/C14H20BrNO2S/c1-2-18-14(17)6-4-3-5-9-19-13-10-11(15)7-8-12(13)16/h7-8,10H,2-6,9,16H2,1H3. The van der Waals surface area contributed by atoms with E-state index in [4.69, 9.17) is 10.5 Å². The second-order valence-corrected chi connectivity index (χ2v) is 6.20. The Bertz CT molecular complexity index is 412. The second kappa shape index (κ2) is 9.26. The molecule has 2 N–H and O–H groups in total. The first kappa shape index (κ1) is 16.4. The number of anilines is 1. The van der Waals surface area contributed by atoms with Gasteiger partial charge in [-0.05, 0) is 43.7 Å². The maximum atomic E-state index is 11.1. The summed E-state index contributed by atoms with van der Waals surface area (Å²) in [5, 5.41) is 0. The molecule has 0 saturated heterocycles. The first-order chi connectivity index (χ1) is 9.13. The molecule has 5 heteroatoms. The zero-order valence-electron chi connectivity index (χ0n) is 11.2. The van der Waals surface area contributed by atoms with Gasteiger partial charge in [0.1, 0.15) is 0 Å². The predicted octanol–water partition coefficient (Wildman–Crippen LogP) is 4.25. The highest BCUT2D eigenvalue weighted by molar-refractivity contribution is 9.10. The highest BCUT2D eigenvalue weighted by Crippen LogP contribution is 2.29. The average Bonchev–Trinajstić information content (AvgIpc) is 2.38.